The average Bonchev–Trinajstić information content (AvgIpc) is 2.12. The van der Waals surface area contributed by atoms with Gasteiger partial charge in [-0.15, -0.1) is 0 Å². The van der Waals surface area contributed by atoms with Crippen molar-refractivity contribution in [3.8, 4) is 5.75 Å². The number of rotatable bonds is 2. The van der Waals surface area contributed by atoms with Gasteiger partial charge in [0.15, 0.2) is 0 Å². The molecule has 1 aliphatic heterocycles. The van der Waals surface area contributed by atoms with Crippen LogP contribution < -0.4 is 10.5 Å². The van der Waals surface area contributed by atoms with Crippen molar-refractivity contribution in [2.24, 2.45) is 0 Å². The van der Waals surface area contributed by atoms with Gasteiger partial charge in [-0.05, 0) is 6.04 Å². The molecule has 0 saturated carbocycles. The van der Waals surface area contributed by atoms with Crippen LogP contribution >= 0.6 is 0 Å². The van der Waals surface area contributed by atoms with Crippen molar-refractivity contribution in [3.05, 3.63) is 18.3 Å². The first-order valence-electron chi connectivity index (χ1n) is 5.07. The lowest BCUT2D eigenvalue weighted by Crippen LogP contribution is -2.38. The molecule has 0 unspecified atom stereocenters. The molecule has 2 heterocycles. The van der Waals surface area contributed by atoms with Gasteiger partial charge in [0.1, 0.15) is 17.7 Å². The van der Waals surface area contributed by atoms with E-state index in [2.05, 4.69) is 4.98 Å². The third-order valence-electron chi connectivity index (χ3n) is 1.48. The molecule has 0 radical (unpaired) electrons. The fourth-order valence-corrected chi connectivity index (χ4v) is 0.822. The Hall–Kier alpha value is -1.29. The van der Waals surface area contributed by atoms with Gasteiger partial charge in [0, 0.05) is 12.2 Å². The predicted octanol–water partition coefficient (Wildman–Crippen LogP) is 0.441. The minimum atomic E-state index is -0.279. The maximum Gasteiger partial charge on any atom is 0.145 e. The Bertz CT molecular complexity index is 370. The van der Waals surface area contributed by atoms with Crippen molar-refractivity contribution in [2.75, 3.05) is 18.9 Å². The van der Waals surface area contributed by atoms with Crippen molar-refractivity contribution in [3.63, 3.8) is 0 Å². The van der Waals surface area contributed by atoms with Gasteiger partial charge in [-0.3, -0.25) is 0 Å². The molecule has 0 bridgehead atoms. The molecule has 0 spiro atoms. The number of hydrogen-bond acceptors (Lipinski definition) is 4. The Kier molecular flexibility index (Phi) is 1.16. The molecule has 1 aromatic rings. The Labute approximate surface area is 74.5 Å². The smallest absolute Gasteiger partial charge is 0.145 e. The molecule has 4 nitrogen and oxygen atoms in total. The molecule has 2 rings (SSSR count). The summed E-state index contributed by atoms with van der Waals surface area (Å²) in [5.74, 6) is -0.0768. The van der Waals surface area contributed by atoms with Crippen molar-refractivity contribution in [1.29, 1.82) is 0 Å². The number of hydrogen-bond donors (Lipinski definition) is 1. The lowest BCUT2D eigenvalue weighted by molar-refractivity contribution is -0.0796. The van der Waals surface area contributed by atoms with Crippen LogP contribution in [-0.2, 0) is 4.74 Å². The second kappa shape index (κ2) is 2.98. The molecule has 12 heavy (non-hydrogen) atoms. The molecule has 0 atom stereocenters. The highest BCUT2D eigenvalue weighted by Crippen LogP contribution is 2.16. The lowest BCUT2D eigenvalue weighted by atomic mass is 10.3. The van der Waals surface area contributed by atoms with Crippen molar-refractivity contribution in [1.82, 2.24) is 4.98 Å². The quantitative estimate of drug-likeness (QED) is 0.698. The maximum atomic E-state index is 7.57. The predicted molar refractivity (Wildman–Crippen MR) is 43.9 cm³/mol. The van der Waals surface area contributed by atoms with Crippen molar-refractivity contribution in [2.45, 2.75) is 6.10 Å². The van der Waals surface area contributed by atoms with Crippen LogP contribution in [0.4, 0.5) is 5.82 Å². The average molecular weight is 169 g/mol. The van der Waals surface area contributed by atoms with Crippen LogP contribution in [0.1, 0.15) is 4.11 Å². The summed E-state index contributed by atoms with van der Waals surface area (Å²) in [5, 5.41) is 0. The molecular weight excluding hydrogens is 156 g/mol. The molecule has 4 heteroatoms. The molecule has 64 valence electrons. The molecule has 0 aliphatic carbocycles. The third-order valence-corrected chi connectivity index (χ3v) is 1.48. The number of nitrogen functional groups attached to an aromatic ring is 1. The first kappa shape index (κ1) is 4.67. The number of nitrogens with zero attached hydrogens (tertiary/aromatic N) is 1. The summed E-state index contributed by atoms with van der Waals surface area (Å²) in [4.78, 5) is 3.54. The van der Waals surface area contributed by atoms with Crippen LogP contribution in [0.5, 0.6) is 5.75 Å². The van der Waals surface area contributed by atoms with Gasteiger partial charge in [0.2, 0.25) is 0 Å². The van der Waals surface area contributed by atoms with Gasteiger partial charge in [0.05, 0.1) is 17.3 Å². The van der Waals surface area contributed by atoms with E-state index in [1.165, 1.54) is 0 Å². The monoisotopic (exact) mass is 169 g/mol. The van der Waals surface area contributed by atoms with Gasteiger partial charge in [0.25, 0.3) is 0 Å². The second-order valence-corrected chi connectivity index (χ2v) is 2.47. The zero-order valence-electron chi connectivity index (χ0n) is 9.33. The van der Waals surface area contributed by atoms with Crippen LogP contribution in [0.2, 0.25) is 0 Å². The van der Waals surface area contributed by atoms with Crippen LogP contribution in [0.25, 0.3) is 0 Å². The van der Waals surface area contributed by atoms with Crippen LogP contribution in [-0.4, -0.2) is 24.3 Å². The lowest BCUT2D eigenvalue weighted by Gasteiger charge is -2.26. The summed E-state index contributed by atoms with van der Waals surface area (Å²) in [6.45, 7) is 0.878. The summed E-state index contributed by atoms with van der Waals surface area (Å²) in [6.07, 6.45) is -0.432. The van der Waals surface area contributed by atoms with Crippen LogP contribution in [0.15, 0.2) is 18.3 Å². The van der Waals surface area contributed by atoms with Crippen LogP contribution in [0, 0.1) is 0 Å². The van der Waals surface area contributed by atoms with E-state index in [9.17, 15) is 0 Å². The number of nitrogens with two attached hydrogens (primary N) is 1. The molecule has 1 saturated heterocycles. The minimum Gasteiger partial charge on any atom is -0.485 e. The van der Waals surface area contributed by atoms with Gasteiger partial charge >= 0.3 is 0 Å². The normalized spacial score (nSPS) is 20.5. The van der Waals surface area contributed by atoms with E-state index in [1.54, 1.807) is 0 Å². The van der Waals surface area contributed by atoms with E-state index in [1.807, 2.05) is 0 Å². The fourth-order valence-electron chi connectivity index (χ4n) is 0.822. The van der Waals surface area contributed by atoms with Crippen LogP contribution in [0.3, 0.4) is 0 Å². The molecule has 1 fully saturated rings. The molecule has 0 amide bonds. The van der Waals surface area contributed by atoms with E-state index in [4.69, 9.17) is 19.3 Å². The van der Waals surface area contributed by atoms with E-state index in [0.717, 1.165) is 0 Å². The fraction of sp³-hybridized carbons (Fsp3) is 0.375. The summed E-state index contributed by atoms with van der Waals surface area (Å²) in [5.41, 5.74) is 5.41. The molecule has 0 aromatic carbocycles. The number of pyridine rings is 1. The van der Waals surface area contributed by atoms with Gasteiger partial charge in [-0.2, -0.15) is 0 Å². The Morgan fingerprint density at radius 2 is 2.58 bits per heavy atom. The molecule has 1 aliphatic rings. The van der Waals surface area contributed by atoms with Gasteiger partial charge in [-0.25, -0.2) is 4.98 Å². The number of aromatic nitrogens is 1. The third kappa shape index (κ3) is 1.48. The van der Waals surface area contributed by atoms with E-state index in [-0.39, 0.29) is 35.9 Å². The van der Waals surface area contributed by atoms with Gasteiger partial charge < -0.3 is 15.2 Å². The van der Waals surface area contributed by atoms with Gasteiger partial charge in [-0.1, -0.05) is 0 Å². The highest BCUT2D eigenvalue weighted by atomic mass is 16.6. The SMILES string of the molecule is [2H]c1nc(N)c([2H])c(OC2COC2)c1[2H]. The van der Waals surface area contributed by atoms with E-state index >= 15 is 0 Å². The maximum absolute atomic E-state index is 7.57. The first-order chi connectivity index (χ1) is 7.09. The van der Waals surface area contributed by atoms with E-state index < -0.39 is 0 Å². The Morgan fingerprint density at radius 1 is 1.75 bits per heavy atom. The summed E-state index contributed by atoms with van der Waals surface area (Å²) in [6, 6.07) is -0.344. The highest BCUT2D eigenvalue weighted by molar-refractivity contribution is 5.35. The zero-order valence-corrected chi connectivity index (χ0v) is 6.33. The zero-order chi connectivity index (χ0) is 11.0. The van der Waals surface area contributed by atoms with E-state index in [0.29, 0.717) is 13.2 Å². The largest absolute Gasteiger partial charge is 0.485 e. The number of anilines is 1. The second-order valence-electron chi connectivity index (χ2n) is 2.47. The number of ether oxygens (including phenoxy) is 2. The standard InChI is InChI=1S/C8H10N2O2/c9-8-3-6(1-2-10-8)12-7-4-11-5-7/h1-3,7H,4-5H2,(H2,9,10)/i1D,2D,3D. The molecular formula is C8H10N2O2. The Balaban J connectivity index is 2.34. The van der Waals surface area contributed by atoms with Crippen molar-refractivity contribution >= 4 is 5.82 Å². The first-order valence-corrected chi connectivity index (χ1v) is 3.57. The summed E-state index contributed by atoms with van der Waals surface area (Å²) < 4.78 is 32.7. The van der Waals surface area contributed by atoms with Crippen molar-refractivity contribution < 1.29 is 13.6 Å². The highest BCUT2D eigenvalue weighted by Gasteiger charge is 2.19. The molecule has 2 N–H and O–H groups in total. The summed E-state index contributed by atoms with van der Waals surface area (Å²) in [7, 11) is 0. The minimum absolute atomic E-state index is 0.0146. The topological polar surface area (TPSA) is 57.4 Å². The molecule has 1 aromatic heterocycles. The Morgan fingerprint density at radius 3 is 3.25 bits per heavy atom. The summed E-state index contributed by atoms with van der Waals surface area (Å²) >= 11 is 0.